The molecule has 1 fully saturated rings. The van der Waals surface area contributed by atoms with Gasteiger partial charge in [0, 0.05) is 5.69 Å². The van der Waals surface area contributed by atoms with Crippen LogP contribution in [0.4, 0.5) is 11.4 Å². The Morgan fingerprint density at radius 3 is 2.41 bits per heavy atom. The molecule has 0 atom stereocenters. The molecular weight excluding hydrogens is 342 g/mol. The lowest BCUT2D eigenvalue weighted by Gasteiger charge is -2.22. The first-order chi connectivity index (χ1) is 13.1. The zero-order valence-corrected chi connectivity index (χ0v) is 15.5. The summed E-state index contributed by atoms with van der Waals surface area (Å²) in [6.45, 7) is 1.88. The van der Waals surface area contributed by atoms with E-state index in [1.807, 2.05) is 12.1 Å². The quantitative estimate of drug-likeness (QED) is 0.673. The van der Waals surface area contributed by atoms with Crippen LogP contribution in [0.25, 0.3) is 0 Å². The fourth-order valence-corrected chi connectivity index (χ4v) is 3.70. The van der Waals surface area contributed by atoms with Crippen molar-refractivity contribution < 1.29 is 19.4 Å². The van der Waals surface area contributed by atoms with E-state index in [0.29, 0.717) is 11.6 Å². The van der Waals surface area contributed by atoms with Gasteiger partial charge in [0.2, 0.25) is 0 Å². The lowest BCUT2D eigenvalue weighted by atomic mass is 9.84. The van der Waals surface area contributed by atoms with Gasteiger partial charge in [0.05, 0.1) is 23.4 Å². The summed E-state index contributed by atoms with van der Waals surface area (Å²) >= 11 is 0. The monoisotopic (exact) mass is 367 g/mol. The van der Waals surface area contributed by atoms with Crippen LogP contribution in [0.3, 0.4) is 0 Å². The van der Waals surface area contributed by atoms with Gasteiger partial charge in [-0.3, -0.25) is 0 Å². The van der Waals surface area contributed by atoms with Crippen LogP contribution in [0.5, 0.6) is 0 Å². The maximum atomic E-state index is 12.1. The van der Waals surface area contributed by atoms with Gasteiger partial charge in [-0.05, 0) is 55.5 Å². The van der Waals surface area contributed by atoms with E-state index in [2.05, 4.69) is 17.4 Å². The summed E-state index contributed by atoms with van der Waals surface area (Å²) < 4.78 is 4.98. The lowest BCUT2D eigenvalue weighted by Crippen LogP contribution is -2.13. The Bertz CT molecular complexity index is 808. The van der Waals surface area contributed by atoms with Crippen LogP contribution < -0.4 is 5.32 Å². The Hall–Kier alpha value is -2.82. The number of nitrogens with one attached hydrogen (secondary N) is 1. The second-order valence-corrected chi connectivity index (χ2v) is 6.84. The van der Waals surface area contributed by atoms with Crippen molar-refractivity contribution in [2.75, 3.05) is 11.9 Å². The molecule has 27 heavy (non-hydrogen) atoms. The summed E-state index contributed by atoms with van der Waals surface area (Å²) in [4.78, 5) is 23.8. The average molecular weight is 367 g/mol. The Morgan fingerprint density at radius 2 is 1.78 bits per heavy atom. The van der Waals surface area contributed by atoms with Crippen LogP contribution >= 0.6 is 0 Å². The molecule has 0 bridgehead atoms. The zero-order valence-electron chi connectivity index (χ0n) is 15.5. The number of esters is 1. The number of benzene rings is 2. The van der Waals surface area contributed by atoms with E-state index in [4.69, 9.17) is 4.74 Å². The van der Waals surface area contributed by atoms with Crippen LogP contribution in [-0.2, 0) is 4.74 Å². The molecule has 5 nitrogen and oxygen atoms in total. The zero-order chi connectivity index (χ0) is 19.2. The van der Waals surface area contributed by atoms with E-state index in [-0.39, 0.29) is 17.7 Å². The molecule has 0 amide bonds. The minimum atomic E-state index is -1.17. The first kappa shape index (κ1) is 19.0. The van der Waals surface area contributed by atoms with Crippen molar-refractivity contribution in [2.24, 2.45) is 0 Å². The molecule has 1 aliphatic carbocycles. The highest BCUT2D eigenvalue weighted by atomic mass is 16.5. The van der Waals surface area contributed by atoms with Crippen molar-refractivity contribution in [2.45, 2.75) is 44.9 Å². The molecule has 2 aromatic carbocycles. The topological polar surface area (TPSA) is 75.6 Å². The molecule has 0 spiro atoms. The van der Waals surface area contributed by atoms with Gasteiger partial charge in [-0.25, -0.2) is 9.59 Å². The molecule has 3 rings (SSSR count). The molecule has 2 aromatic rings. The third kappa shape index (κ3) is 4.48. The van der Waals surface area contributed by atoms with Crippen LogP contribution in [0.1, 0.15) is 71.2 Å². The second-order valence-electron chi connectivity index (χ2n) is 6.84. The number of carboxylic acids is 1. The summed E-state index contributed by atoms with van der Waals surface area (Å²) in [5.41, 5.74) is 2.47. The van der Waals surface area contributed by atoms with E-state index in [9.17, 15) is 14.7 Å². The minimum Gasteiger partial charge on any atom is -0.478 e. The van der Waals surface area contributed by atoms with Gasteiger partial charge < -0.3 is 15.2 Å². The number of carboxylic acid groups (broad SMARTS) is 1. The van der Waals surface area contributed by atoms with Crippen molar-refractivity contribution in [3.05, 3.63) is 59.2 Å². The minimum absolute atomic E-state index is 0.0492. The van der Waals surface area contributed by atoms with Crippen LogP contribution in [0, 0.1) is 0 Å². The molecule has 0 unspecified atom stereocenters. The highest BCUT2D eigenvalue weighted by Gasteiger charge is 2.21. The number of aromatic carboxylic acids is 1. The Labute approximate surface area is 159 Å². The highest BCUT2D eigenvalue weighted by molar-refractivity contribution is 6.06. The average Bonchev–Trinajstić information content (AvgIpc) is 2.69. The van der Waals surface area contributed by atoms with Crippen molar-refractivity contribution in [3.8, 4) is 0 Å². The third-order valence-corrected chi connectivity index (χ3v) is 5.04. The second kappa shape index (κ2) is 8.71. The number of carbonyl (C=O) groups is 2. The van der Waals surface area contributed by atoms with E-state index in [1.54, 1.807) is 19.1 Å². The Morgan fingerprint density at radius 1 is 1.07 bits per heavy atom. The molecule has 0 heterocycles. The number of ether oxygens (including phenoxy) is 1. The van der Waals surface area contributed by atoms with Gasteiger partial charge in [-0.2, -0.15) is 0 Å². The lowest BCUT2D eigenvalue weighted by molar-refractivity contribution is 0.0515. The van der Waals surface area contributed by atoms with E-state index in [1.165, 1.54) is 43.7 Å². The van der Waals surface area contributed by atoms with Gasteiger partial charge in [-0.15, -0.1) is 0 Å². The first-order valence-electron chi connectivity index (χ1n) is 9.50. The fourth-order valence-electron chi connectivity index (χ4n) is 3.70. The van der Waals surface area contributed by atoms with E-state index < -0.39 is 11.9 Å². The molecular formula is C22H25NO4. The first-order valence-corrected chi connectivity index (χ1v) is 9.50. The number of rotatable bonds is 6. The van der Waals surface area contributed by atoms with Crippen LogP contribution in [0.2, 0.25) is 0 Å². The Kier molecular flexibility index (Phi) is 6.12. The molecule has 2 N–H and O–H groups in total. The van der Waals surface area contributed by atoms with Gasteiger partial charge in [-0.1, -0.05) is 37.5 Å². The number of hydrogen-bond acceptors (Lipinski definition) is 4. The molecule has 0 saturated heterocycles. The van der Waals surface area contributed by atoms with Gasteiger partial charge >= 0.3 is 11.9 Å². The van der Waals surface area contributed by atoms with E-state index in [0.717, 1.165) is 5.69 Å². The summed E-state index contributed by atoms with van der Waals surface area (Å²) in [6, 6.07) is 12.9. The SMILES string of the molecule is CCOC(=O)c1cccc(Nc2ccc(C3CCCCC3)cc2)c1C(=O)O. The molecule has 5 heteroatoms. The molecule has 0 radical (unpaired) electrons. The smallest absolute Gasteiger partial charge is 0.339 e. The number of anilines is 2. The summed E-state index contributed by atoms with van der Waals surface area (Å²) in [7, 11) is 0. The normalized spacial score (nSPS) is 14.6. The summed E-state index contributed by atoms with van der Waals surface area (Å²) in [6.07, 6.45) is 6.36. The standard InChI is InChI=1S/C22H25NO4/c1-2-27-22(26)18-9-6-10-19(20(18)21(24)25)23-17-13-11-16(12-14-17)15-7-4-3-5-8-15/h6,9-15,23H,2-5,7-8H2,1H3,(H,24,25). The summed E-state index contributed by atoms with van der Waals surface area (Å²) in [5.74, 6) is -1.18. The van der Waals surface area contributed by atoms with Crippen LogP contribution in [-0.4, -0.2) is 23.7 Å². The predicted molar refractivity (Wildman–Crippen MR) is 105 cm³/mol. The number of hydrogen-bond donors (Lipinski definition) is 2. The van der Waals surface area contributed by atoms with Gasteiger partial charge in [0.25, 0.3) is 0 Å². The Balaban J connectivity index is 1.83. The molecule has 1 saturated carbocycles. The molecule has 0 aromatic heterocycles. The van der Waals surface area contributed by atoms with Crippen molar-refractivity contribution in [3.63, 3.8) is 0 Å². The fraction of sp³-hybridized carbons (Fsp3) is 0.364. The van der Waals surface area contributed by atoms with Crippen molar-refractivity contribution in [1.82, 2.24) is 0 Å². The molecule has 142 valence electrons. The van der Waals surface area contributed by atoms with Gasteiger partial charge in [0.1, 0.15) is 0 Å². The third-order valence-electron chi connectivity index (χ3n) is 5.04. The highest BCUT2D eigenvalue weighted by Crippen LogP contribution is 2.33. The molecule has 0 aliphatic heterocycles. The molecule has 1 aliphatic rings. The maximum absolute atomic E-state index is 12.1. The largest absolute Gasteiger partial charge is 0.478 e. The van der Waals surface area contributed by atoms with Crippen LogP contribution in [0.15, 0.2) is 42.5 Å². The predicted octanol–water partition coefficient (Wildman–Crippen LogP) is 5.35. The van der Waals surface area contributed by atoms with Crippen molar-refractivity contribution in [1.29, 1.82) is 0 Å². The van der Waals surface area contributed by atoms with E-state index >= 15 is 0 Å². The van der Waals surface area contributed by atoms with Gasteiger partial charge in [0.15, 0.2) is 0 Å². The van der Waals surface area contributed by atoms with Crippen molar-refractivity contribution >= 4 is 23.3 Å². The number of carbonyl (C=O) groups excluding carboxylic acids is 1. The maximum Gasteiger partial charge on any atom is 0.339 e. The summed E-state index contributed by atoms with van der Waals surface area (Å²) in [5, 5.41) is 12.7.